The van der Waals surface area contributed by atoms with Crippen LogP contribution in [0.5, 0.6) is 0 Å². The molecule has 0 unspecified atom stereocenters. The smallest absolute Gasteiger partial charge is 0.135 e. The Hall–Kier alpha value is -3.06. The summed E-state index contributed by atoms with van der Waals surface area (Å²) >= 11 is 0. The van der Waals surface area contributed by atoms with Crippen LogP contribution in [0.4, 0.5) is 0 Å². The van der Waals surface area contributed by atoms with Crippen LogP contribution in [0.3, 0.4) is 0 Å². The number of benzene rings is 2. The highest BCUT2D eigenvalue weighted by molar-refractivity contribution is 5.88. The molecule has 0 fully saturated rings. The molecular weight excluding hydrogens is 364 g/mol. The lowest BCUT2D eigenvalue weighted by Gasteiger charge is -2.30. The Balaban J connectivity index is 1.68. The Morgan fingerprint density at radius 3 is 2.27 bits per heavy atom. The van der Waals surface area contributed by atoms with Crippen molar-refractivity contribution in [2.75, 3.05) is 0 Å². The van der Waals surface area contributed by atoms with Crippen molar-refractivity contribution in [1.29, 1.82) is 0 Å². The van der Waals surface area contributed by atoms with Crippen molar-refractivity contribution in [3.05, 3.63) is 118 Å². The summed E-state index contributed by atoms with van der Waals surface area (Å²) < 4.78 is 6.64. The van der Waals surface area contributed by atoms with Crippen molar-refractivity contribution < 1.29 is 4.74 Å². The van der Waals surface area contributed by atoms with Gasteiger partial charge < -0.3 is 4.74 Å². The van der Waals surface area contributed by atoms with Gasteiger partial charge in [0.15, 0.2) is 0 Å². The standard InChI is InChI=1S/C29H28O/c1-21-11-8-9-16-24(21)19-25-17-10-18-26-27(22-12-4-2-5-13-22)20-28(30-29(25)26)23-14-6-3-7-15-23/h2-7,11-15,19-20H,8-10,16-18H2,1H3/b24-19+. The number of fused-ring (bicyclic) bond motifs is 1. The van der Waals surface area contributed by atoms with Gasteiger partial charge in [0.1, 0.15) is 11.5 Å². The van der Waals surface area contributed by atoms with Crippen LogP contribution in [0.15, 0.2) is 107 Å². The fraction of sp³-hybridized carbons (Fsp3) is 0.241. The van der Waals surface area contributed by atoms with E-state index >= 15 is 0 Å². The molecule has 2 aromatic carbocycles. The minimum atomic E-state index is 0.946. The number of ether oxygens (including phenoxy) is 1. The van der Waals surface area contributed by atoms with Gasteiger partial charge in [-0.15, -0.1) is 0 Å². The zero-order valence-electron chi connectivity index (χ0n) is 17.7. The molecule has 1 nitrogen and oxygen atoms in total. The van der Waals surface area contributed by atoms with E-state index in [4.69, 9.17) is 4.74 Å². The van der Waals surface area contributed by atoms with Crippen molar-refractivity contribution in [2.45, 2.75) is 45.4 Å². The second kappa shape index (κ2) is 8.36. The molecule has 5 rings (SSSR count). The fourth-order valence-corrected chi connectivity index (χ4v) is 4.71. The monoisotopic (exact) mass is 392 g/mol. The Labute approximate surface area is 179 Å². The Bertz CT molecular complexity index is 1090. The maximum absolute atomic E-state index is 6.64. The molecule has 150 valence electrons. The topological polar surface area (TPSA) is 9.23 Å². The van der Waals surface area contributed by atoms with Gasteiger partial charge in [-0.05, 0) is 73.8 Å². The van der Waals surface area contributed by atoms with Gasteiger partial charge in [-0.25, -0.2) is 0 Å². The van der Waals surface area contributed by atoms with E-state index in [1.807, 2.05) is 0 Å². The molecule has 0 amide bonds. The lowest BCUT2D eigenvalue weighted by molar-refractivity contribution is 0.372. The van der Waals surface area contributed by atoms with Gasteiger partial charge in [-0.3, -0.25) is 0 Å². The predicted octanol–water partition coefficient (Wildman–Crippen LogP) is 8.01. The number of allylic oxidation sites excluding steroid dienone is 8. The van der Waals surface area contributed by atoms with Gasteiger partial charge in [0.25, 0.3) is 0 Å². The molecule has 0 spiro atoms. The van der Waals surface area contributed by atoms with Crippen LogP contribution in [0.1, 0.15) is 56.6 Å². The van der Waals surface area contributed by atoms with E-state index in [-0.39, 0.29) is 0 Å². The van der Waals surface area contributed by atoms with Gasteiger partial charge in [0.2, 0.25) is 0 Å². The van der Waals surface area contributed by atoms with Gasteiger partial charge in [0.05, 0.1) is 0 Å². The van der Waals surface area contributed by atoms with Gasteiger partial charge in [-0.2, -0.15) is 0 Å². The van der Waals surface area contributed by atoms with Gasteiger partial charge in [0, 0.05) is 11.1 Å². The van der Waals surface area contributed by atoms with Crippen LogP contribution in [-0.2, 0) is 4.74 Å². The molecular formula is C29H28O. The first-order chi connectivity index (χ1) is 14.8. The zero-order valence-corrected chi connectivity index (χ0v) is 17.7. The first-order valence-corrected chi connectivity index (χ1v) is 11.1. The quantitative estimate of drug-likeness (QED) is 0.514. The highest BCUT2D eigenvalue weighted by Crippen LogP contribution is 2.44. The van der Waals surface area contributed by atoms with Crippen molar-refractivity contribution in [3.8, 4) is 0 Å². The van der Waals surface area contributed by atoms with E-state index in [9.17, 15) is 0 Å². The minimum absolute atomic E-state index is 0.946. The van der Waals surface area contributed by atoms with E-state index in [0.717, 1.165) is 29.9 Å². The van der Waals surface area contributed by atoms with Crippen LogP contribution in [-0.4, -0.2) is 0 Å². The Morgan fingerprint density at radius 2 is 1.53 bits per heavy atom. The summed E-state index contributed by atoms with van der Waals surface area (Å²) in [5.41, 5.74) is 9.33. The lowest BCUT2D eigenvalue weighted by atomic mass is 9.83. The highest BCUT2D eigenvalue weighted by Gasteiger charge is 2.27. The third-order valence-electron chi connectivity index (χ3n) is 6.35. The third-order valence-corrected chi connectivity index (χ3v) is 6.35. The van der Waals surface area contributed by atoms with Crippen LogP contribution < -0.4 is 0 Å². The van der Waals surface area contributed by atoms with Gasteiger partial charge in [-0.1, -0.05) is 78.4 Å². The van der Waals surface area contributed by atoms with E-state index < -0.39 is 0 Å². The summed E-state index contributed by atoms with van der Waals surface area (Å²) in [6.07, 6.45) is 14.0. The highest BCUT2D eigenvalue weighted by atomic mass is 16.5. The van der Waals surface area contributed by atoms with Crippen molar-refractivity contribution in [3.63, 3.8) is 0 Å². The van der Waals surface area contributed by atoms with E-state index in [2.05, 4.69) is 85.8 Å². The zero-order chi connectivity index (χ0) is 20.3. The van der Waals surface area contributed by atoms with Crippen molar-refractivity contribution in [2.24, 2.45) is 0 Å². The number of hydrogen-bond donors (Lipinski definition) is 0. The molecule has 0 atom stereocenters. The maximum atomic E-state index is 6.64. The molecule has 3 aliphatic rings. The number of rotatable bonds is 3. The van der Waals surface area contributed by atoms with Crippen LogP contribution in [0.25, 0.3) is 11.3 Å². The first-order valence-electron chi connectivity index (χ1n) is 11.1. The average molecular weight is 393 g/mol. The van der Waals surface area contributed by atoms with Crippen LogP contribution in [0.2, 0.25) is 0 Å². The summed E-state index contributed by atoms with van der Waals surface area (Å²) in [6.45, 7) is 2.25. The second-order valence-corrected chi connectivity index (χ2v) is 8.39. The molecule has 2 aliphatic carbocycles. The average Bonchev–Trinajstić information content (AvgIpc) is 2.81. The molecule has 30 heavy (non-hydrogen) atoms. The largest absolute Gasteiger partial charge is 0.456 e. The number of hydrogen-bond acceptors (Lipinski definition) is 1. The maximum Gasteiger partial charge on any atom is 0.135 e. The molecule has 2 aromatic rings. The fourth-order valence-electron chi connectivity index (χ4n) is 4.71. The second-order valence-electron chi connectivity index (χ2n) is 8.39. The van der Waals surface area contributed by atoms with Crippen molar-refractivity contribution in [1.82, 2.24) is 0 Å². The molecule has 1 heteroatoms. The molecule has 1 aliphatic heterocycles. The Kier molecular flexibility index (Phi) is 5.27. The molecule has 0 saturated heterocycles. The third kappa shape index (κ3) is 3.73. The summed E-state index contributed by atoms with van der Waals surface area (Å²) in [5.74, 6) is 2.04. The minimum Gasteiger partial charge on any atom is -0.456 e. The first kappa shape index (κ1) is 18.9. The predicted molar refractivity (Wildman–Crippen MR) is 125 cm³/mol. The molecule has 0 aromatic heterocycles. The molecule has 0 saturated carbocycles. The van der Waals surface area contributed by atoms with Crippen molar-refractivity contribution >= 4 is 11.3 Å². The van der Waals surface area contributed by atoms with E-state index in [1.165, 1.54) is 59.1 Å². The molecule has 0 bridgehead atoms. The lowest BCUT2D eigenvalue weighted by Crippen LogP contribution is -2.12. The SMILES string of the molecule is CC1=CCCC/C1=C\C1=C2OC(c3ccccc3)=CC(c3ccccc3)=C2CCC1. The summed E-state index contributed by atoms with van der Waals surface area (Å²) in [4.78, 5) is 0. The molecule has 1 heterocycles. The van der Waals surface area contributed by atoms with Gasteiger partial charge >= 0.3 is 0 Å². The van der Waals surface area contributed by atoms with Crippen LogP contribution in [0, 0.1) is 0 Å². The normalized spacial score (nSPS) is 20.5. The molecule has 0 radical (unpaired) electrons. The summed E-state index contributed by atoms with van der Waals surface area (Å²) in [5, 5.41) is 0. The van der Waals surface area contributed by atoms with Crippen LogP contribution >= 0.6 is 0 Å². The Morgan fingerprint density at radius 1 is 0.800 bits per heavy atom. The van der Waals surface area contributed by atoms with E-state index in [0.29, 0.717) is 0 Å². The van der Waals surface area contributed by atoms with E-state index in [1.54, 1.807) is 0 Å². The summed E-state index contributed by atoms with van der Waals surface area (Å²) in [7, 11) is 0. The molecule has 0 N–H and O–H groups in total. The summed E-state index contributed by atoms with van der Waals surface area (Å²) in [6, 6.07) is 21.2.